The number of halogens is 1. The summed E-state index contributed by atoms with van der Waals surface area (Å²) in [6.07, 6.45) is 0. The van der Waals surface area contributed by atoms with Crippen LogP contribution in [0.4, 0.5) is 32.8 Å². The Morgan fingerprint density at radius 1 is 1.10 bits per heavy atom. The fraction of sp³-hybridized carbons (Fsp3) is 0.235. The number of carbonyl (C=O) groups is 1. The molecule has 0 heterocycles. The monoisotopic (exact) mass is 405 g/mol. The zero-order chi connectivity index (χ0) is 21.6. The SMILES string of the molecule is CCN(CC(=O)OC)c1ccc(/N=N/c2cc(F)c([N+](=O)[O-])cc2[N+](=O)[O-])cc1. The highest BCUT2D eigenvalue weighted by Gasteiger charge is 2.24. The molecular formula is C17H16FN5O6. The van der Waals surface area contributed by atoms with Gasteiger partial charge in [0.2, 0.25) is 5.82 Å². The molecular weight excluding hydrogens is 389 g/mol. The first-order chi connectivity index (χ1) is 13.8. The molecule has 29 heavy (non-hydrogen) atoms. The van der Waals surface area contributed by atoms with Gasteiger partial charge in [0.25, 0.3) is 0 Å². The quantitative estimate of drug-likeness (QED) is 0.279. The number of hydrogen-bond acceptors (Lipinski definition) is 9. The van der Waals surface area contributed by atoms with Crippen LogP contribution < -0.4 is 4.90 Å². The van der Waals surface area contributed by atoms with E-state index in [0.717, 1.165) is 0 Å². The van der Waals surface area contributed by atoms with E-state index in [4.69, 9.17) is 0 Å². The minimum atomic E-state index is -1.26. The van der Waals surface area contributed by atoms with Crippen LogP contribution >= 0.6 is 0 Å². The molecule has 2 aromatic carbocycles. The number of methoxy groups -OCH3 is 1. The fourth-order valence-electron chi connectivity index (χ4n) is 2.35. The second kappa shape index (κ2) is 9.30. The van der Waals surface area contributed by atoms with Gasteiger partial charge in [-0.15, -0.1) is 5.11 Å². The average molecular weight is 405 g/mol. The van der Waals surface area contributed by atoms with Crippen LogP contribution in [0.25, 0.3) is 0 Å². The molecule has 0 atom stereocenters. The summed E-state index contributed by atoms with van der Waals surface area (Å²) < 4.78 is 18.4. The Balaban J connectivity index is 2.28. The summed E-state index contributed by atoms with van der Waals surface area (Å²) in [5.74, 6) is -1.66. The number of ether oxygens (including phenoxy) is 1. The fourth-order valence-corrected chi connectivity index (χ4v) is 2.35. The van der Waals surface area contributed by atoms with Crippen LogP contribution in [0, 0.1) is 26.0 Å². The molecule has 0 saturated heterocycles. The molecule has 0 saturated carbocycles. The van der Waals surface area contributed by atoms with Crippen molar-refractivity contribution in [1.29, 1.82) is 0 Å². The van der Waals surface area contributed by atoms with Gasteiger partial charge in [-0.1, -0.05) is 0 Å². The predicted molar refractivity (Wildman–Crippen MR) is 100 cm³/mol. The maximum Gasteiger partial charge on any atom is 0.325 e. The molecule has 0 unspecified atom stereocenters. The third-order valence-electron chi connectivity index (χ3n) is 3.85. The number of anilines is 1. The predicted octanol–water partition coefficient (Wildman–Crippen LogP) is 4.06. The summed E-state index contributed by atoms with van der Waals surface area (Å²) >= 11 is 0. The van der Waals surface area contributed by atoms with Gasteiger partial charge in [-0.25, -0.2) is 0 Å². The lowest BCUT2D eigenvalue weighted by atomic mass is 10.2. The van der Waals surface area contributed by atoms with Gasteiger partial charge < -0.3 is 9.64 Å². The van der Waals surface area contributed by atoms with E-state index in [9.17, 15) is 29.4 Å². The molecule has 0 fully saturated rings. The first kappa shape index (κ1) is 21.3. The summed E-state index contributed by atoms with van der Waals surface area (Å²) in [6.45, 7) is 2.46. The molecule has 0 radical (unpaired) electrons. The summed E-state index contributed by atoms with van der Waals surface area (Å²) in [5.41, 5.74) is -1.21. The van der Waals surface area contributed by atoms with Crippen molar-refractivity contribution in [3.63, 3.8) is 0 Å². The lowest BCUT2D eigenvalue weighted by Crippen LogP contribution is -2.30. The highest BCUT2D eigenvalue weighted by molar-refractivity contribution is 5.75. The molecule has 152 valence electrons. The number of nitro groups is 2. The zero-order valence-electron chi connectivity index (χ0n) is 15.4. The highest BCUT2D eigenvalue weighted by Crippen LogP contribution is 2.34. The van der Waals surface area contributed by atoms with E-state index in [-0.39, 0.29) is 6.54 Å². The molecule has 11 nitrogen and oxygen atoms in total. The van der Waals surface area contributed by atoms with Gasteiger partial charge in [0, 0.05) is 18.3 Å². The number of rotatable bonds is 8. The van der Waals surface area contributed by atoms with Crippen molar-refractivity contribution in [2.75, 3.05) is 25.1 Å². The summed E-state index contributed by atoms with van der Waals surface area (Å²) in [7, 11) is 1.29. The molecule has 0 spiro atoms. The molecule has 2 rings (SSSR count). The Morgan fingerprint density at radius 3 is 2.24 bits per heavy atom. The molecule has 12 heteroatoms. The average Bonchev–Trinajstić information content (AvgIpc) is 2.70. The van der Waals surface area contributed by atoms with E-state index >= 15 is 0 Å². The van der Waals surface area contributed by atoms with Gasteiger partial charge in [0.1, 0.15) is 6.54 Å². The molecule has 0 aromatic heterocycles. The molecule has 0 aliphatic rings. The lowest BCUT2D eigenvalue weighted by molar-refractivity contribution is -0.395. The number of azo groups is 1. The Bertz CT molecular complexity index is 964. The van der Waals surface area contributed by atoms with Crippen molar-refractivity contribution in [3.8, 4) is 0 Å². The number of benzene rings is 2. The van der Waals surface area contributed by atoms with Crippen molar-refractivity contribution in [2.24, 2.45) is 10.2 Å². The second-order valence-corrected chi connectivity index (χ2v) is 5.61. The highest BCUT2D eigenvalue weighted by atomic mass is 19.1. The van der Waals surface area contributed by atoms with Gasteiger partial charge in [-0.3, -0.25) is 25.0 Å². The lowest BCUT2D eigenvalue weighted by Gasteiger charge is -2.21. The summed E-state index contributed by atoms with van der Waals surface area (Å²) in [6, 6.07) is 7.50. The zero-order valence-corrected chi connectivity index (χ0v) is 15.4. The Morgan fingerprint density at radius 2 is 1.72 bits per heavy atom. The summed E-state index contributed by atoms with van der Waals surface area (Å²) in [5, 5.41) is 29.3. The molecule has 0 aliphatic carbocycles. The van der Waals surface area contributed by atoms with Crippen molar-refractivity contribution in [1.82, 2.24) is 0 Å². The molecule has 0 bridgehead atoms. The van der Waals surface area contributed by atoms with E-state index in [1.165, 1.54) is 7.11 Å². The Labute approximate surface area is 163 Å². The minimum Gasteiger partial charge on any atom is -0.468 e. The summed E-state index contributed by atoms with van der Waals surface area (Å²) in [4.78, 5) is 33.1. The third-order valence-corrected chi connectivity index (χ3v) is 3.85. The Hall–Kier alpha value is -3.96. The van der Waals surface area contributed by atoms with Crippen LogP contribution in [0.5, 0.6) is 0 Å². The number of esters is 1. The van der Waals surface area contributed by atoms with Crippen molar-refractivity contribution < 1.29 is 23.8 Å². The molecule has 2 aromatic rings. The van der Waals surface area contributed by atoms with Crippen molar-refractivity contribution in [3.05, 3.63) is 62.4 Å². The van der Waals surface area contributed by atoms with E-state index in [2.05, 4.69) is 15.0 Å². The van der Waals surface area contributed by atoms with E-state index < -0.39 is 38.7 Å². The second-order valence-electron chi connectivity index (χ2n) is 5.61. The molecule has 0 aliphatic heterocycles. The van der Waals surface area contributed by atoms with Crippen LogP contribution in [0.2, 0.25) is 0 Å². The number of likely N-dealkylation sites (N-methyl/N-ethyl adjacent to an activating group) is 1. The Kier molecular flexibility index (Phi) is 6.85. The molecule has 0 N–H and O–H groups in total. The first-order valence-electron chi connectivity index (χ1n) is 8.22. The van der Waals surface area contributed by atoms with Gasteiger partial charge in [-0.05, 0) is 31.2 Å². The number of carbonyl (C=O) groups excluding carboxylic acids is 1. The third kappa shape index (κ3) is 5.28. The maximum absolute atomic E-state index is 13.8. The van der Waals surface area contributed by atoms with E-state index in [1.54, 1.807) is 29.2 Å². The van der Waals surface area contributed by atoms with Crippen LogP contribution in [-0.2, 0) is 9.53 Å². The number of nitrogens with zero attached hydrogens (tertiary/aromatic N) is 5. The topological polar surface area (TPSA) is 141 Å². The van der Waals surface area contributed by atoms with Gasteiger partial charge in [-0.2, -0.15) is 9.50 Å². The minimum absolute atomic E-state index is 0.0577. The van der Waals surface area contributed by atoms with Crippen molar-refractivity contribution in [2.45, 2.75) is 6.92 Å². The maximum atomic E-state index is 13.8. The number of hydrogen-bond donors (Lipinski definition) is 0. The van der Waals surface area contributed by atoms with Crippen LogP contribution in [0.3, 0.4) is 0 Å². The smallest absolute Gasteiger partial charge is 0.325 e. The van der Waals surface area contributed by atoms with E-state index in [0.29, 0.717) is 30.1 Å². The van der Waals surface area contributed by atoms with Crippen LogP contribution in [0.1, 0.15) is 6.92 Å². The van der Waals surface area contributed by atoms with Crippen molar-refractivity contribution >= 4 is 34.4 Å². The first-order valence-corrected chi connectivity index (χ1v) is 8.22. The normalized spacial score (nSPS) is 10.7. The molecule has 0 amide bonds. The van der Waals surface area contributed by atoms with Crippen LogP contribution in [0.15, 0.2) is 46.6 Å². The number of nitro benzene ring substituents is 2. The van der Waals surface area contributed by atoms with Crippen LogP contribution in [-0.4, -0.2) is 36.0 Å². The van der Waals surface area contributed by atoms with Gasteiger partial charge in [0.15, 0.2) is 5.69 Å². The van der Waals surface area contributed by atoms with E-state index in [1.807, 2.05) is 6.92 Å². The van der Waals surface area contributed by atoms with Gasteiger partial charge >= 0.3 is 17.3 Å². The largest absolute Gasteiger partial charge is 0.468 e. The van der Waals surface area contributed by atoms with Gasteiger partial charge in [0.05, 0.1) is 28.7 Å². The standard InChI is InChI=1S/C17H16FN5O6/c1-3-21(10-17(24)29-2)12-6-4-11(5-7-12)19-20-14-8-13(18)15(22(25)26)9-16(14)23(27)28/h4-9H,3,10H2,1-2H3/b20-19+.